The van der Waals surface area contributed by atoms with Crippen molar-refractivity contribution in [1.82, 2.24) is 0 Å². The van der Waals surface area contributed by atoms with Crippen LogP contribution in [0.15, 0.2) is 59.7 Å². The second-order valence-electron chi connectivity index (χ2n) is 10.7. The number of allylic oxidation sites excluding steroid dienone is 2. The summed E-state index contributed by atoms with van der Waals surface area (Å²) in [6.45, 7) is 7.14. The van der Waals surface area contributed by atoms with Crippen LogP contribution in [0.25, 0.3) is 12.2 Å². The Morgan fingerprint density at radius 2 is 1.06 bits per heavy atom. The van der Waals surface area contributed by atoms with Crippen molar-refractivity contribution in [1.29, 1.82) is 0 Å². The van der Waals surface area contributed by atoms with Crippen molar-refractivity contribution < 1.29 is 17.4 Å². The number of benzene rings is 2. The molecule has 2 unspecified atom stereocenters. The minimum Gasteiger partial charge on any atom is -0.147 e. The molecule has 0 heterocycles. The minimum atomic E-state index is -3.32. The number of unbranched alkanes of at least 4 members (excludes halogenated alkanes) is 2. The van der Waals surface area contributed by atoms with E-state index in [-0.39, 0.29) is 24.8 Å². The van der Waals surface area contributed by atoms with Crippen LogP contribution in [0.1, 0.15) is 81.9 Å². The Bertz CT molecular complexity index is 997. The van der Waals surface area contributed by atoms with Crippen LogP contribution < -0.4 is 0 Å². The summed E-state index contributed by atoms with van der Waals surface area (Å²) in [4.78, 5) is 0. The molecule has 0 nitrogen and oxygen atoms in total. The number of rotatable bonds is 8. The fourth-order valence-electron chi connectivity index (χ4n) is 6.38. The Morgan fingerprint density at radius 3 is 1.44 bits per heavy atom. The van der Waals surface area contributed by atoms with Gasteiger partial charge < -0.3 is 0 Å². The zero-order valence-electron chi connectivity index (χ0n) is 20.2. The van der Waals surface area contributed by atoms with Crippen molar-refractivity contribution in [3.05, 3.63) is 81.9 Å². The van der Waals surface area contributed by atoms with E-state index in [2.05, 4.69) is 90.7 Å². The van der Waals surface area contributed by atoms with E-state index in [0.717, 1.165) is 0 Å². The van der Waals surface area contributed by atoms with Crippen molar-refractivity contribution >= 4 is 43.8 Å². The number of hydrogen-bond donors (Lipinski definition) is 0. The molecule has 2 aliphatic rings. The van der Waals surface area contributed by atoms with E-state index >= 15 is 0 Å². The molecule has 0 N–H and O–H groups in total. The zero-order chi connectivity index (χ0) is 21.4. The van der Waals surface area contributed by atoms with Gasteiger partial charge in [0.15, 0.2) is 0 Å². The molecule has 4 heteroatoms. The molecule has 32 heavy (non-hydrogen) atoms. The molecular weight excluding hydrogens is 527 g/mol. The Kier molecular flexibility index (Phi) is 9.48. The van der Waals surface area contributed by atoms with Crippen molar-refractivity contribution in [2.24, 2.45) is 0 Å². The molecule has 0 aromatic heterocycles. The van der Waals surface area contributed by atoms with Crippen LogP contribution in [0, 0.1) is 0 Å². The first-order valence-corrected chi connectivity index (χ1v) is 25.7. The average molecular weight is 567 g/mol. The van der Waals surface area contributed by atoms with E-state index in [1.807, 2.05) is 0 Å². The Morgan fingerprint density at radius 1 is 0.688 bits per heavy atom. The fourth-order valence-corrected chi connectivity index (χ4v) is 26.3. The second-order valence-corrected chi connectivity index (χ2v) is 41.2. The summed E-state index contributed by atoms with van der Waals surface area (Å²) in [6, 6.07) is 18.6. The monoisotopic (exact) mass is 564 g/mol. The van der Waals surface area contributed by atoms with Gasteiger partial charge in [0.25, 0.3) is 0 Å². The van der Waals surface area contributed by atoms with Crippen LogP contribution in [0.5, 0.6) is 0 Å². The minimum absolute atomic E-state index is 0. The van der Waals surface area contributed by atoms with Gasteiger partial charge in [-0.1, -0.05) is 0 Å². The number of hydrogen-bond acceptors (Lipinski definition) is 0. The summed E-state index contributed by atoms with van der Waals surface area (Å²) in [5, 5.41) is 0. The van der Waals surface area contributed by atoms with E-state index in [1.165, 1.54) is 49.7 Å². The molecule has 174 valence electrons. The van der Waals surface area contributed by atoms with Crippen molar-refractivity contribution in [2.75, 3.05) is 0 Å². The van der Waals surface area contributed by atoms with Crippen LogP contribution >= 0.6 is 24.8 Å². The van der Waals surface area contributed by atoms with E-state index in [4.69, 9.17) is 0 Å². The van der Waals surface area contributed by atoms with Crippen molar-refractivity contribution in [2.45, 2.75) is 68.9 Å². The van der Waals surface area contributed by atoms with Gasteiger partial charge in [-0.2, -0.15) is 0 Å². The predicted octanol–water partition coefficient (Wildman–Crippen LogP) is 8.82. The first-order valence-electron chi connectivity index (χ1n) is 12.0. The smallest absolute Gasteiger partial charge is 0.147 e. The Balaban J connectivity index is 0.00000181. The molecule has 0 saturated carbocycles. The van der Waals surface area contributed by atoms with Crippen LogP contribution in [-0.4, -0.2) is 6.88 Å². The summed E-state index contributed by atoms with van der Waals surface area (Å²) in [5.41, 5.74) is 9.73. The van der Waals surface area contributed by atoms with Crippen LogP contribution in [-0.2, 0) is 17.4 Å². The van der Waals surface area contributed by atoms with Gasteiger partial charge in [-0.3, -0.25) is 0 Å². The van der Waals surface area contributed by atoms with Gasteiger partial charge in [-0.15, -0.1) is 24.8 Å². The SMILES string of the molecule is CCCCC1=Cc2ccccc2[CH]1[Zr]([CH3])([CH3])(=[SiH2])[CH]1C(CCCC)=Cc2ccccc21.Cl.Cl. The number of halogens is 2. The maximum atomic E-state index is 2.78. The number of fused-ring (bicyclic) bond motifs is 2. The normalized spacial score (nSPS) is 19.3. The first kappa shape index (κ1) is 27.8. The fraction of sp³-hybridized carbons (Fsp3) is 0.429. The standard InChI is InChI=1S/2C13H15.2CH3.2ClH.H2Si.Zr/c2*1-2-3-6-11-9-12-7-4-5-8-13(12)10-11;;;;;;/h2*4-5,7-10H,2-3,6H2,1H3;2*1H3;2*1H;1H2;. The first-order chi connectivity index (χ1) is 14.4. The predicted molar refractivity (Wildman–Crippen MR) is 148 cm³/mol. The Hall–Kier alpha value is -0.400. The summed E-state index contributed by atoms with van der Waals surface area (Å²) in [7, 11) is 0. The van der Waals surface area contributed by atoms with Gasteiger partial charge in [0.1, 0.15) is 0 Å². The summed E-state index contributed by atoms with van der Waals surface area (Å²) in [5.74, 6) is 0. The van der Waals surface area contributed by atoms with E-state index in [0.29, 0.717) is 7.25 Å². The van der Waals surface area contributed by atoms with Crippen LogP contribution in [0.3, 0.4) is 0 Å². The molecule has 0 saturated heterocycles. The molecule has 0 spiro atoms. The van der Waals surface area contributed by atoms with Crippen LogP contribution in [0.4, 0.5) is 0 Å². The summed E-state index contributed by atoms with van der Waals surface area (Å²) < 4.78 is 6.90. The molecule has 0 amide bonds. The molecule has 2 aliphatic carbocycles. The maximum Gasteiger partial charge on any atom is -0.147 e. The van der Waals surface area contributed by atoms with Gasteiger partial charge >= 0.3 is 187 Å². The molecule has 2 aromatic rings. The summed E-state index contributed by atoms with van der Waals surface area (Å²) >= 11 is -3.32. The van der Waals surface area contributed by atoms with Crippen molar-refractivity contribution in [3.8, 4) is 0 Å². The maximum absolute atomic E-state index is 3.32. The van der Waals surface area contributed by atoms with Crippen LogP contribution in [0.2, 0.25) is 9.26 Å². The molecule has 0 bridgehead atoms. The molecule has 0 radical (unpaired) electrons. The molecule has 0 fully saturated rings. The van der Waals surface area contributed by atoms with Gasteiger partial charge in [-0.05, 0) is 0 Å². The largest absolute Gasteiger partial charge is 0.147 e. The molecular formula is C28H40Cl2SiZr. The second kappa shape index (κ2) is 10.9. The van der Waals surface area contributed by atoms with Gasteiger partial charge in [0.05, 0.1) is 0 Å². The molecule has 0 aliphatic heterocycles. The summed E-state index contributed by atoms with van der Waals surface area (Å²) in [6.07, 6.45) is 12.8. The van der Waals surface area contributed by atoms with Gasteiger partial charge in [0, 0.05) is 0 Å². The zero-order valence-corrected chi connectivity index (χ0v) is 25.7. The molecule has 2 atom stereocenters. The van der Waals surface area contributed by atoms with Crippen molar-refractivity contribution in [3.63, 3.8) is 0 Å². The van der Waals surface area contributed by atoms with E-state index in [9.17, 15) is 0 Å². The third-order valence-corrected chi connectivity index (χ3v) is 25.1. The third-order valence-electron chi connectivity index (χ3n) is 7.57. The molecule has 4 rings (SSSR count). The van der Waals surface area contributed by atoms with E-state index < -0.39 is 17.4 Å². The van der Waals surface area contributed by atoms with Gasteiger partial charge in [0.2, 0.25) is 0 Å². The van der Waals surface area contributed by atoms with Gasteiger partial charge in [-0.25, -0.2) is 0 Å². The van der Waals surface area contributed by atoms with E-state index in [1.54, 1.807) is 22.3 Å². The quantitative estimate of drug-likeness (QED) is 0.280. The third kappa shape index (κ3) is 5.00. The average Bonchev–Trinajstić information content (AvgIpc) is 3.29. The topological polar surface area (TPSA) is 0 Å². The molecule has 2 aromatic carbocycles. The Labute approximate surface area is 210 Å².